The summed E-state index contributed by atoms with van der Waals surface area (Å²) in [6, 6.07) is -1.22. The Bertz CT molecular complexity index is 250. The van der Waals surface area contributed by atoms with E-state index >= 15 is 0 Å². The minimum absolute atomic E-state index is 0.0935. The molecule has 86 valence electrons. The highest BCUT2D eigenvalue weighted by Gasteiger charge is 2.30. The summed E-state index contributed by atoms with van der Waals surface area (Å²) in [5.74, 6) is -1.05. The number of urea groups is 1. The number of rotatable bonds is 4. The van der Waals surface area contributed by atoms with Gasteiger partial charge < -0.3 is 20.5 Å². The van der Waals surface area contributed by atoms with E-state index in [9.17, 15) is 9.59 Å². The molecule has 0 heterocycles. The van der Waals surface area contributed by atoms with Gasteiger partial charge >= 0.3 is 12.0 Å². The quantitative estimate of drug-likeness (QED) is 0.614. The minimum Gasteiger partial charge on any atom is -0.480 e. The molecule has 0 aromatic heterocycles. The number of carbonyl (C=O) groups excluding carboxylic acids is 1. The standard InChI is InChI=1S/C9H16N2O4/c1-5(8(12)13)10-9(14)11-6-3-7(4-6)15-2/h5-7H,3-4H2,1-2H3,(H,12,13)(H2,10,11,14)/t5-,6?,7?/m1/s1. The van der Waals surface area contributed by atoms with Gasteiger partial charge in [-0.25, -0.2) is 4.79 Å². The molecule has 1 saturated carbocycles. The number of ether oxygens (including phenoxy) is 1. The highest BCUT2D eigenvalue weighted by Crippen LogP contribution is 2.22. The van der Waals surface area contributed by atoms with E-state index in [1.54, 1.807) is 7.11 Å². The Hall–Kier alpha value is -1.30. The van der Waals surface area contributed by atoms with Gasteiger partial charge in [-0.3, -0.25) is 4.79 Å². The largest absolute Gasteiger partial charge is 0.480 e. The Morgan fingerprint density at radius 1 is 1.47 bits per heavy atom. The molecule has 0 aliphatic heterocycles. The summed E-state index contributed by atoms with van der Waals surface area (Å²) in [4.78, 5) is 21.7. The van der Waals surface area contributed by atoms with Crippen LogP contribution >= 0.6 is 0 Å². The van der Waals surface area contributed by atoms with E-state index in [0.717, 1.165) is 12.8 Å². The fraction of sp³-hybridized carbons (Fsp3) is 0.778. The number of carboxylic acids is 1. The normalized spacial score (nSPS) is 26.3. The number of carbonyl (C=O) groups is 2. The van der Waals surface area contributed by atoms with Crippen LogP contribution in [-0.2, 0) is 9.53 Å². The molecule has 0 bridgehead atoms. The van der Waals surface area contributed by atoms with Gasteiger partial charge in [0, 0.05) is 13.2 Å². The summed E-state index contributed by atoms with van der Waals surface area (Å²) in [5.41, 5.74) is 0. The first-order valence-electron chi connectivity index (χ1n) is 4.85. The molecule has 1 fully saturated rings. The van der Waals surface area contributed by atoms with Crippen molar-refractivity contribution in [2.45, 2.75) is 38.0 Å². The molecule has 2 amide bonds. The fourth-order valence-corrected chi connectivity index (χ4v) is 1.36. The third-order valence-electron chi connectivity index (χ3n) is 2.48. The number of hydrogen-bond acceptors (Lipinski definition) is 3. The van der Waals surface area contributed by atoms with Gasteiger partial charge in [-0.15, -0.1) is 0 Å². The zero-order valence-corrected chi connectivity index (χ0v) is 8.82. The predicted molar refractivity (Wildman–Crippen MR) is 52.6 cm³/mol. The van der Waals surface area contributed by atoms with Gasteiger partial charge in [0.25, 0.3) is 0 Å². The third kappa shape index (κ3) is 3.39. The molecule has 0 aromatic carbocycles. The van der Waals surface area contributed by atoms with Crippen LogP contribution in [0.3, 0.4) is 0 Å². The number of carboxylic acid groups (broad SMARTS) is 1. The van der Waals surface area contributed by atoms with Crippen LogP contribution in [0, 0.1) is 0 Å². The topological polar surface area (TPSA) is 87.7 Å². The van der Waals surface area contributed by atoms with Crippen LogP contribution in [0.25, 0.3) is 0 Å². The lowest BCUT2D eigenvalue weighted by Gasteiger charge is -2.34. The molecule has 15 heavy (non-hydrogen) atoms. The molecule has 0 aromatic rings. The lowest BCUT2D eigenvalue weighted by molar-refractivity contribution is -0.138. The Balaban J connectivity index is 2.17. The van der Waals surface area contributed by atoms with Gasteiger partial charge in [-0.05, 0) is 19.8 Å². The average molecular weight is 216 g/mol. The van der Waals surface area contributed by atoms with E-state index < -0.39 is 18.0 Å². The van der Waals surface area contributed by atoms with Crippen LogP contribution in [0.15, 0.2) is 0 Å². The summed E-state index contributed by atoms with van der Waals surface area (Å²) >= 11 is 0. The fourth-order valence-electron chi connectivity index (χ4n) is 1.36. The molecule has 0 radical (unpaired) electrons. The molecule has 1 aliphatic rings. The van der Waals surface area contributed by atoms with Crippen LogP contribution in [-0.4, -0.2) is 42.4 Å². The summed E-state index contributed by atoms with van der Waals surface area (Å²) in [6.07, 6.45) is 1.78. The van der Waals surface area contributed by atoms with Crippen molar-refractivity contribution in [1.82, 2.24) is 10.6 Å². The Morgan fingerprint density at radius 3 is 2.53 bits per heavy atom. The van der Waals surface area contributed by atoms with Gasteiger partial charge in [-0.1, -0.05) is 0 Å². The Labute approximate surface area is 88.0 Å². The molecule has 0 spiro atoms. The first kappa shape index (κ1) is 11.8. The first-order chi connectivity index (χ1) is 7.02. The molecule has 1 rings (SSSR count). The average Bonchev–Trinajstić information content (AvgIpc) is 2.10. The maximum Gasteiger partial charge on any atom is 0.325 e. The first-order valence-corrected chi connectivity index (χ1v) is 4.85. The van der Waals surface area contributed by atoms with Gasteiger partial charge in [0.05, 0.1) is 6.10 Å². The van der Waals surface area contributed by atoms with Crippen molar-refractivity contribution in [3.05, 3.63) is 0 Å². The van der Waals surface area contributed by atoms with E-state index in [1.165, 1.54) is 6.92 Å². The minimum atomic E-state index is -1.05. The van der Waals surface area contributed by atoms with Crippen molar-refractivity contribution < 1.29 is 19.4 Å². The summed E-state index contributed by atoms with van der Waals surface area (Å²) < 4.78 is 5.05. The highest BCUT2D eigenvalue weighted by molar-refractivity contribution is 5.82. The van der Waals surface area contributed by atoms with E-state index in [1.807, 2.05) is 0 Å². The monoisotopic (exact) mass is 216 g/mol. The van der Waals surface area contributed by atoms with E-state index in [0.29, 0.717) is 0 Å². The van der Waals surface area contributed by atoms with Crippen LogP contribution in [0.2, 0.25) is 0 Å². The molecule has 6 nitrogen and oxygen atoms in total. The molecule has 0 unspecified atom stereocenters. The van der Waals surface area contributed by atoms with Crippen LogP contribution in [0.4, 0.5) is 4.79 Å². The number of aliphatic carboxylic acids is 1. The van der Waals surface area contributed by atoms with E-state index in [4.69, 9.17) is 9.84 Å². The van der Waals surface area contributed by atoms with Crippen LogP contribution < -0.4 is 10.6 Å². The van der Waals surface area contributed by atoms with Crippen molar-refractivity contribution in [1.29, 1.82) is 0 Å². The second-order valence-corrected chi connectivity index (χ2v) is 3.70. The molecule has 6 heteroatoms. The van der Waals surface area contributed by atoms with Crippen molar-refractivity contribution in [3.8, 4) is 0 Å². The van der Waals surface area contributed by atoms with Gasteiger partial charge in [0.1, 0.15) is 6.04 Å². The smallest absolute Gasteiger partial charge is 0.325 e. The lowest BCUT2D eigenvalue weighted by Crippen LogP contribution is -2.53. The number of nitrogens with one attached hydrogen (secondary N) is 2. The molecular formula is C9H16N2O4. The second kappa shape index (κ2) is 4.97. The second-order valence-electron chi connectivity index (χ2n) is 3.70. The Kier molecular flexibility index (Phi) is 3.90. The van der Waals surface area contributed by atoms with Gasteiger partial charge in [-0.2, -0.15) is 0 Å². The van der Waals surface area contributed by atoms with E-state index in [2.05, 4.69) is 10.6 Å². The van der Waals surface area contributed by atoms with Crippen molar-refractivity contribution in [3.63, 3.8) is 0 Å². The summed E-state index contributed by atoms with van der Waals surface area (Å²) in [5, 5.41) is 13.5. The summed E-state index contributed by atoms with van der Waals surface area (Å²) in [6.45, 7) is 1.42. The third-order valence-corrected chi connectivity index (χ3v) is 2.48. The lowest BCUT2D eigenvalue weighted by atomic mass is 9.89. The number of hydrogen-bond donors (Lipinski definition) is 3. The van der Waals surface area contributed by atoms with Gasteiger partial charge in [0.15, 0.2) is 0 Å². The zero-order valence-electron chi connectivity index (χ0n) is 8.82. The van der Waals surface area contributed by atoms with Crippen molar-refractivity contribution >= 4 is 12.0 Å². The van der Waals surface area contributed by atoms with Crippen molar-refractivity contribution in [2.24, 2.45) is 0 Å². The van der Waals surface area contributed by atoms with Gasteiger partial charge in [0.2, 0.25) is 0 Å². The predicted octanol–water partition coefficient (Wildman–Crippen LogP) is -0.0639. The van der Waals surface area contributed by atoms with Crippen molar-refractivity contribution in [2.75, 3.05) is 7.11 Å². The maximum absolute atomic E-state index is 11.2. The van der Waals surface area contributed by atoms with Crippen LogP contribution in [0.5, 0.6) is 0 Å². The molecule has 1 atom stereocenters. The highest BCUT2D eigenvalue weighted by atomic mass is 16.5. The zero-order chi connectivity index (χ0) is 11.4. The van der Waals surface area contributed by atoms with E-state index in [-0.39, 0.29) is 12.1 Å². The Morgan fingerprint density at radius 2 is 2.07 bits per heavy atom. The van der Waals surface area contributed by atoms with Crippen LogP contribution in [0.1, 0.15) is 19.8 Å². The maximum atomic E-state index is 11.2. The SMILES string of the molecule is COC1CC(NC(=O)N[C@H](C)C(=O)O)C1. The molecule has 1 aliphatic carbocycles. The molecule has 3 N–H and O–H groups in total. The summed E-state index contributed by atoms with van der Waals surface area (Å²) in [7, 11) is 1.63. The molecule has 0 saturated heterocycles. The number of amides is 2. The number of methoxy groups -OCH3 is 1. The molecular weight excluding hydrogens is 200 g/mol.